The molecule has 1 atom stereocenters. The van der Waals surface area contributed by atoms with Gasteiger partial charge in [-0.25, -0.2) is 4.79 Å². The zero-order valence-electron chi connectivity index (χ0n) is 18.9. The molecule has 0 aliphatic carbocycles. The van der Waals surface area contributed by atoms with Crippen LogP contribution in [0.25, 0.3) is 11.1 Å². The van der Waals surface area contributed by atoms with Crippen molar-refractivity contribution in [2.75, 3.05) is 19.0 Å². The van der Waals surface area contributed by atoms with Crippen LogP contribution < -0.4 is 14.8 Å². The van der Waals surface area contributed by atoms with Gasteiger partial charge in [-0.05, 0) is 51.0 Å². The molecular weight excluding hydrogens is 426 g/mol. The largest absolute Gasteiger partial charge is 0.497 e. The zero-order chi connectivity index (χ0) is 23.3. The SMILES string of the molecule is CCOC(=O)c1c(-c2ccc(C)cc2C)csc1NC(=O)C(C)Oc1cccc(OC)c1. The van der Waals surface area contributed by atoms with Crippen molar-refractivity contribution in [2.24, 2.45) is 0 Å². The number of benzene rings is 2. The van der Waals surface area contributed by atoms with Crippen molar-refractivity contribution in [1.29, 1.82) is 0 Å². The fraction of sp³-hybridized carbons (Fsp3) is 0.280. The molecule has 0 saturated heterocycles. The molecule has 0 fully saturated rings. The van der Waals surface area contributed by atoms with Gasteiger partial charge in [0.1, 0.15) is 22.1 Å². The molecule has 1 amide bonds. The molecule has 3 aromatic rings. The summed E-state index contributed by atoms with van der Waals surface area (Å²) in [7, 11) is 1.57. The number of carbonyl (C=O) groups excluding carboxylic acids is 2. The third kappa shape index (κ3) is 5.29. The Morgan fingerprint density at radius 2 is 1.81 bits per heavy atom. The molecule has 6 nitrogen and oxygen atoms in total. The van der Waals surface area contributed by atoms with Crippen LogP contribution in [0.4, 0.5) is 5.00 Å². The lowest BCUT2D eigenvalue weighted by Crippen LogP contribution is -2.30. The van der Waals surface area contributed by atoms with E-state index in [2.05, 4.69) is 11.4 Å². The molecule has 1 N–H and O–H groups in total. The summed E-state index contributed by atoms with van der Waals surface area (Å²) in [5.41, 5.74) is 4.20. The first-order valence-corrected chi connectivity index (χ1v) is 11.2. The maximum atomic E-state index is 12.8. The van der Waals surface area contributed by atoms with Crippen LogP contribution in [0.1, 0.15) is 35.3 Å². The first kappa shape index (κ1) is 23.3. The van der Waals surface area contributed by atoms with Crippen LogP contribution in [0.2, 0.25) is 0 Å². The number of thiophene rings is 1. The van der Waals surface area contributed by atoms with Gasteiger partial charge in [-0.1, -0.05) is 29.8 Å². The quantitative estimate of drug-likeness (QED) is 0.448. The molecule has 32 heavy (non-hydrogen) atoms. The van der Waals surface area contributed by atoms with Crippen molar-refractivity contribution in [3.05, 3.63) is 64.5 Å². The molecule has 3 rings (SSSR count). The fourth-order valence-electron chi connectivity index (χ4n) is 3.32. The Balaban J connectivity index is 1.87. The molecule has 0 radical (unpaired) electrons. The number of amides is 1. The van der Waals surface area contributed by atoms with Gasteiger partial charge in [0.05, 0.1) is 13.7 Å². The topological polar surface area (TPSA) is 73.9 Å². The Morgan fingerprint density at radius 3 is 2.50 bits per heavy atom. The summed E-state index contributed by atoms with van der Waals surface area (Å²) in [5.74, 6) is 0.309. The second-order valence-electron chi connectivity index (χ2n) is 7.32. The molecule has 1 heterocycles. The molecule has 168 valence electrons. The Kier molecular flexibility index (Phi) is 7.53. The van der Waals surface area contributed by atoms with E-state index in [1.807, 2.05) is 31.4 Å². The summed E-state index contributed by atoms with van der Waals surface area (Å²) in [6.45, 7) is 7.66. The molecule has 0 aliphatic heterocycles. The number of carbonyl (C=O) groups is 2. The monoisotopic (exact) mass is 453 g/mol. The number of hydrogen-bond acceptors (Lipinski definition) is 6. The van der Waals surface area contributed by atoms with E-state index in [1.54, 1.807) is 45.2 Å². The lowest BCUT2D eigenvalue weighted by molar-refractivity contribution is -0.122. The highest BCUT2D eigenvalue weighted by molar-refractivity contribution is 7.15. The summed E-state index contributed by atoms with van der Waals surface area (Å²) in [4.78, 5) is 25.6. The van der Waals surface area contributed by atoms with E-state index in [0.717, 1.165) is 22.3 Å². The predicted octanol–water partition coefficient (Wildman–Crippen LogP) is 5.62. The van der Waals surface area contributed by atoms with Crippen LogP contribution in [-0.2, 0) is 9.53 Å². The van der Waals surface area contributed by atoms with Crippen LogP contribution in [0.5, 0.6) is 11.5 Å². The van der Waals surface area contributed by atoms with Gasteiger partial charge in [-0.15, -0.1) is 11.3 Å². The molecule has 0 aliphatic rings. The minimum Gasteiger partial charge on any atom is -0.497 e. The minimum atomic E-state index is -0.788. The van der Waals surface area contributed by atoms with E-state index in [-0.39, 0.29) is 12.5 Å². The van der Waals surface area contributed by atoms with Gasteiger partial charge in [0, 0.05) is 17.0 Å². The maximum absolute atomic E-state index is 12.8. The van der Waals surface area contributed by atoms with Gasteiger partial charge < -0.3 is 19.5 Å². The summed E-state index contributed by atoms with van der Waals surface area (Å²) in [5, 5.41) is 5.14. The standard InChI is InChI=1S/C25H27NO5S/c1-6-30-25(28)22-21(20-11-10-15(2)12-16(20)3)14-32-24(22)26-23(27)17(4)31-19-9-7-8-18(13-19)29-5/h7-14,17H,6H2,1-5H3,(H,26,27). The molecule has 7 heteroatoms. The van der Waals surface area contributed by atoms with Crippen molar-refractivity contribution in [3.63, 3.8) is 0 Å². The first-order chi connectivity index (χ1) is 15.3. The number of ether oxygens (including phenoxy) is 3. The van der Waals surface area contributed by atoms with Crippen LogP contribution >= 0.6 is 11.3 Å². The van der Waals surface area contributed by atoms with Crippen molar-refractivity contribution < 1.29 is 23.8 Å². The molecule has 0 saturated carbocycles. The van der Waals surface area contributed by atoms with Crippen molar-refractivity contribution in [1.82, 2.24) is 0 Å². The molecule has 2 aromatic carbocycles. The van der Waals surface area contributed by atoms with Crippen LogP contribution in [0.3, 0.4) is 0 Å². The lowest BCUT2D eigenvalue weighted by Gasteiger charge is -2.15. The average Bonchev–Trinajstić information content (AvgIpc) is 3.17. The Hall–Kier alpha value is -3.32. The van der Waals surface area contributed by atoms with Gasteiger partial charge in [0.15, 0.2) is 6.10 Å². The fourth-order valence-corrected chi connectivity index (χ4v) is 4.27. The van der Waals surface area contributed by atoms with E-state index in [0.29, 0.717) is 22.1 Å². The number of esters is 1. The normalized spacial score (nSPS) is 11.5. The van der Waals surface area contributed by atoms with Gasteiger partial charge in [0.25, 0.3) is 5.91 Å². The van der Waals surface area contributed by atoms with E-state index >= 15 is 0 Å². The number of methoxy groups -OCH3 is 1. The molecule has 0 bridgehead atoms. The van der Waals surface area contributed by atoms with Crippen LogP contribution in [0.15, 0.2) is 47.8 Å². The van der Waals surface area contributed by atoms with E-state index in [1.165, 1.54) is 11.3 Å². The Bertz CT molecular complexity index is 1120. The molecule has 1 unspecified atom stereocenters. The van der Waals surface area contributed by atoms with Gasteiger partial charge in [-0.2, -0.15) is 0 Å². The van der Waals surface area contributed by atoms with E-state index < -0.39 is 12.1 Å². The van der Waals surface area contributed by atoms with Crippen molar-refractivity contribution >= 4 is 28.2 Å². The van der Waals surface area contributed by atoms with Gasteiger partial charge in [0.2, 0.25) is 0 Å². The summed E-state index contributed by atoms with van der Waals surface area (Å²) in [6, 6.07) is 13.1. The highest BCUT2D eigenvalue weighted by atomic mass is 32.1. The summed E-state index contributed by atoms with van der Waals surface area (Å²) in [6.07, 6.45) is -0.788. The lowest BCUT2D eigenvalue weighted by atomic mass is 9.97. The Labute approximate surface area is 192 Å². The minimum absolute atomic E-state index is 0.240. The van der Waals surface area contributed by atoms with Crippen LogP contribution in [-0.4, -0.2) is 31.7 Å². The second-order valence-corrected chi connectivity index (χ2v) is 8.20. The maximum Gasteiger partial charge on any atom is 0.341 e. The summed E-state index contributed by atoms with van der Waals surface area (Å²) >= 11 is 1.29. The highest BCUT2D eigenvalue weighted by Gasteiger charge is 2.25. The third-order valence-corrected chi connectivity index (χ3v) is 5.80. The number of rotatable bonds is 8. The first-order valence-electron chi connectivity index (χ1n) is 10.3. The van der Waals surface area contributed by atoms with Gasteiger partial charge in [-0.3, -0.25) is 4.79 Å². The number of aryl methyl sites for hydroxylation is 2. The van der Waals surface area contributed by atoms with E-state index in [9.17, 15) is 9.59 Å². The van der Waals surface area contributed by atoms with Crippen molar-refractivity contribution in [2.45, 2.75) is 33.8 Å². The molecular formula is C25H27NO5S. The average molecular weight is 454 g/mol. The Morgan fingerprint density at radius 1 is 1.06 bits per heavy atom. The van der Waals surface area contributed by atoms with E-state index in [4.69, 9.17) is 14.2 Å². The van der Waals surface area contributed by atoms with Gasteiger partial charge >= 0.3 is 5.97 Å². The molecule has 1 aromatic heterocycles. The second kappa shape index (κ2) is 10.3. The number of anilines is 1. The predicted molar refractivity (Wildman–Crippen MR) is 127 cm³/mol. The third-order valence-electron chi connectivity index (χ3n) is 4.90. The van der Waals surface area contributed by atoms with Crippen LogP contribution in [0, 0.1) is 13.8 Å². The zero-order valence-corrected chi connectivity index (χ0v) is 19.7. The number of nitrogens with one attached hydrogen (secondary N) is 1. The molecule has 0 spiro atoms. The highest BCUT2D eigenvalue weighted by Crippen LogP contribution is 2.38. The van der Waals surface area contributed by atoms with Crippen molar-refractivity contribution in [3.8, 4) is 22.6 Å². The smallest absolute Gasteiger partial charge is 0.341 e. The summed E-state index contributed by atoms with van der Waals surface area (Å²) < 4.78 is 16.2. The number of hydrogen-bond donors (Lipinski definition) is 1.